The van der Waals surface area contributed by atoms with Crippen molar-refractivity contribution in [1.82, 2.24) is 4.98 Å². The van der Waals surface area contributed by atoms with Crippen LogP contribution in [0.25, 0.3) is 0 Å². The first-order chi connectivity index (χ1) is 16.0. The summed E-state index contributed by atoms with van der Waals surface area (Å²) >= 11 is 0. The highest BCUT2D eigenvalue weighted by Gasteiger charge is 3.13. The van der Waals surface area contributed by atoms with Gasteiger partial charge in [-0.25, -0.2) is 4.79 Å². The number of nitrogens with one attached hydrogen (secondary N) is 1. The van der Waals surface area contributed by atoms with E-state index in [1.807, 2.05) is 0 Å². The standard InChI is InChI=1S/C25H33NO9/c1-12-8-9-20(29)18(4)11-21(30)19(5)24(17(2,3)34-24)16(33-15(28)13-7-6-10-26-13)22(18,31)25(19,32)23(20,35-21)14(12)27/h6-7,10,12,14,16,26-27,29-32H,8-9,11H2,1-5H3/t12-,14+,16-,18-,19+,20-,21-,22+,23+,24-,25+/m0/s1. The molecule has 7 fully saturated rings. The molecule has 4 saturated carbocycles. The zero-order valence-corrected chi connectivity index (χ0v) is 20.5. The minimum Gasteiger partial charge on any atom is -0.451 e. The lowest BCUT2D eigenvalue weighted by atomic mass is 9.53. The van der Waals surface area contributed by atoms with Crippen LogP contribution in [0.15, 0.2) is 18.3 Å². The van der Waals surface area contributed by atoms with E-state index in [9.17, 15) is 30.3 Å². The Bertz CT molecular complexity index is 1190. The molecule has 35 heavy (non-hydrogen) atoms. The number of carbonyl (C=O) groups is 1. The molecule has 7 aliphatic rings. The molecule has 192 valence electrons. The second-order valence-electron chi connectivity index (χ2n) is 12.8. The zero-order valence-electron chi connectivity index (χ0n) is 20.5. The highest BCUT2D eigenvalue weighted by molar-refractivity contribution is 5.88. The third-order valence-corrected chi connectivity index (χ3v) is 11.6. The molecular formula is C25H33NO9. The van der Waals surface area contributed by atoms with E-state index in [2.05, 4.69) is 4.98 Å². The Morgan fingerprint density at radius 2 is 1.77 bits per heavy atom. The van der Waals surface area contributed by atoms with Gasteiger partial charge in [-0.1, -0.05) is 13.8 Å². The molecule has 0 aromatic carbocycles. The van der Waals surface area contributed by atoms with E-state index in [-0.39, 0.29) is 18.5 Å². The molecular weight excluding hydrogens is 458 g/mol. The number of rotatable bonds is 2. The Labute approximate surface area is 202 Å². The van der Waals surface area contributed by atoms with Gasteiger partial charge in [-0.05, 0) is 51.7 Å². The van der Waals surface area contributed by atoms with E-state index in [0.717, 1.165) is 0 Å². The number of epoxide rings is 1. The van der Waals surface area contributed by atoms with Crippen molar-refractivity contribution in [2.24, 2.45) is 16.7 Å². The van der Waals surface area contributed by atoms with Gasteiger partial charge in [0.05, 0.1) is 17.1 Å². The Hall–Kier alpha value is -1.53. The summed E-state index contributed by atoms with van der Waals surface area (Å²) in [5.74, 6) is -3.26. The van der Waals surface area contributed by atoms with Gasteiger partial charge in [0.1, 0.15) is 22.5 Å². The molecule has 3 aliphatic heterocycles. The molecule has 4 heterocycles. The minimum atomic E-state index is -2.42. The van der Waals surface area contributed by atoms with Gasteiger partial charge >= 0.3 is 5.97 Å². The van der Waals surface area contributed by atoms with Crippen molar-refractivity contribution in [3.63, 3.8) is 0 Å². The number of esters is 1. The third-order valence-electron chi connectivity index (χ3n) is 11.6. The first-order valence-electron chi connectivity index (χ1n) is 12.4. The van der Waals surface area contributed by atoms with Crippen LogP contribution in [0.1, 0.15) is 64.4 Å². The van der Waals surface area contributed by atoms with E-state index in [4.69, 9.17) is 14.2 Å². The summed E-state index contributed by atoms with van der Waals surface area (Å²) in [5.41, 5.74) is -14.7. The lowest BCUT2D eigenvalue weighted by Gasteiger charge is -2.60. The molecule has 8 rings (SSSR count). The summed E-state index contributed by atoms with van der Waals surface area (Å²) in [6.45, 7) is 8.39. The number of carbonyl (C=O) groups excluding carboxylic acids is 1. The SMILES string of the molecule is C[C@H]1CC[C@]2(O)[C@]3(C)C[C@]4(O)O[C@@]2([C@@H]1O)[C@]1(O)[C@@]3(O)[C@H](OC(=O)c2ccc[nH]2)[C@@]2(OC2(C)C)[C@]14C. The second kappa shape index (κ2) is 5.36. The Kier molecular flexibility index (Phi) is 3.47. The van der Waals surface area contributed by atoms with Crippen LogP contribution in [0.3, 0.4) is 0 Å². The zero-order chi connectivity index (χ0) is 25.5. The smallest absolute Gasteiger partial charge is 0.355 e. The fourth-order valence-corrected chi connectivity index (χ4v) is 10.1. The average molecular weight is 492 g/mol. The van der Waals surface area contributed by atoms with Crippen LogP contribution in [0.2, 0.25) is 0 Å². The number of H-pyrrole nitrogens is 1. The average Bonchev–Trinajstić information content (AvgIpc) is 3.08. The molecule has 4 aliphatic carbocycles. The molecule has 6 bridgehead atoms. The number of ether oxygens (including phenoxy) is 3. The topological polar surface area (TPSA) is 165 Å². The first kappa shape index (κ1) is 22.7. The normalized spacial score (nSPS) is 62.4. The maximum Gasteiger partial charge on any atom is 0.355 e. The Morgan fingerprint density at radius 1 is 1.11 bits per heavy atom. The van der Waals surface area contributed by atoms with Crippen LogP contribution >= 0.6 is 0 Å². The Morgan fingerprint density at radius 3 is 2.34 bits per heavy atom. The van der Waals surface area contributed by atoms with Crippen LogP contribution in [0.4, 0.5) is 0 Å². The Balaban J connectivity index is 1.55. The summed E-state index contributed by atoms with van der Waals surface area (Å²) in [4.78, 5) is 16.0. The fraction of sp³-hybridized carbons (Fsp3) is 0.800. The number of aliphatic hydroxyl groups is 5. The molecule has 11 atom stereocenters. The van der Waals surface area contributed by atoms with Crippen molar-refractivity contribution in [2.75, 3.05) is 0 Å². The summed E-state index contributed by atoms with van der Waals surface area (Å²) in [5, 5.41) is 61.9. The van der Waals surface area contributed by atoms with Crippen molar-refractivity contribution in [2.45, 2.75) is 105 Å². The summed E-state index contributed by atoms with van der Waals surface area (Å²) in [6.07, 6.45) is -1.04. The molecule has 0 unspecified atom stereocenters. The highest BCUT2D eigenvalue weighted by Crippen LogP contribution is 2.93. The summed E-state index contributed by atoms with van der Waals surface area (Å²) in [7, 11) is 0. The summed E-state index contributed by atoms with van der Waals surface area (Å²) < 4.78 is 18.6. The van der Waals surface area contributed by atoms with E-state index in [1.54, 1.807) is 46.9 Å². The van der Waals surface area contributed by atoms with Crippen molar-refractivity contribution in [3.8, 4) is 0 Å². The minimum absolute atomic E-state index is 0.118. The molecule has 10 nitrogen and oxygen atoms in total. The van der Waals surface area contributed by atoms with Crippen molar-refractivity contribution in [1.29, 1.82) is 0 Å². The van der Waals surface area contributed by atoms with Crippen LogP contribution in [0.5, 0.6) is 0 Å². The summed E-state index contributed by atoms with van der Waals surface area (Å²) in [6, 6.07) is 3.16. The van der Waals surface area contributed by atoms with Gasteiger partial charge in [0.25, 0.3) is 0 Å². The first-order valence-corrected chi connectivity index (χ1v) is 12.4. The molecule has 1 aromatic rings. The largest absolute Gasteiger partial charge is 0.451 e. The van der Waals surface area contributed by atoms with E-state index >= 15 is 0 Å². The van der Waals surface area contributed by atoms with Crippen LogP contribution in [-0.2, 0) is 14.2 Å². The van der Waals surface area contributed by atoms with Crippen LogP contribution in [-0.4, -0.2) is 88.1 Å². The molecule has 0 amide bonds. The van der Waals surface area contributed by atoms with E-state index in [1.165, 1.54) is 6.07 Å². The van der Waals surface area contributed by atoms with Gasteiger partial charge in [0, 0.05) is 18.0 Å². The highest BCUT2D eigenvalue weighted by atomic mass is 16.7. The predicted octanol–water partition coefficient (Wildman–Crippen LogP) is -0.0271. The fourth-order valence-electron chi connectivity index (χ4n) is 10.1. The lowest BCUT2D eigenvalue weighted by Crippen LogP contribution is -2.75. The van der Waals surface area contributed by atoms with E-state index < -0.39 is 74.3 Å². The van der Waals surface area contributed by atoms with Gasteiger partial charge in [0.15, 0.2) is 23.1 Å². The monoisotopic (exact) mass is 491 g/mol. The quantitative estimate of drug-likeness (QED) is 0.246. The number of aromatic nitrogens is 1. The van der Waals surface area contributed by atoms with Gasteiger partial charge in [0.2, 0.25) is 0 Å². The molecule has 1 aromatic heterocycles. The van der Waals surface area contributed by atoms with Crippen molar-refractivity contribution >= 4 is 5.97 Å². The molecule has 3 saturated heterocycles. The molecule has 2 spiro atoms. The number of hydrogen-bond donors (Lipinski definition) is 6. The van der Waals surface area contributed by atoms with Gasteiger partial charge in [-0.3, -0.25) is 0 Å². The lowest BCUT2D eigenvalue weighted by molar-refractivity contribution is -0.386. The van der Waals surface area contributed by atoms with Gasteiger partial charge in [-0.2, -0.15) is 0 Å². The number of aliphatic hydroxyl groups excluding tert-OH is 1. The third kappa shape index (κ3) is 1.57. The predicted molar refractivity (Wildman–Crippen MR) is 117 cm³/mol. The van der Waals surface area contributed by atoms with Crippen molar-refractivity contribution < 1.29 is 44.5 Å². The second-order valence-corrected chi connectivity index (χ2v) is 12.8. The number of hydrogen-bond acceptors (Lipinski definition) is 9. The van der Waals surface area contributed by atoms with Crippen molar-refractivity contribution in [3.05, 3.63) is 24.0 Å². The molecule has 10 heteroatoms. The van der Waals surface area contributed by atoms with E-state index in [0.29, 0.717) is 6.42 Å². The molecule has 6 N–H and O–H groups in total. The van der Waals surface area contributed by atoms with Crippen LogP contribution in [0, 0.1) is 16.7 Å². The maximum absolute atomic E-state index is 13.2. The number of aromatic amines is 1. The molecule has 0 radical (unpaired) electrons. The maximum atomic E-state index is 13.2. The van der Waals surface area contributed by atoms with Gasteiger partial charge in [-0.15, -0.1) is 0 Å². The van der Waals surface area contributed by atoms with Crippen LogP contribution < -0.4 is 0 Å². The van der Waals surface area contributed by atoms with Gasteiger partial charge < -0.3 is 44.7 Å².